The summed E-state index contributed by atoms with van der Waals surface area (Å²) in [4.78, 5) is 27.7. The Morgan fingerprint density at radius 3 is 2.14 bits per heavy atom. The molecule has 242 valence electrons. The summed E-state index contributed by atoms with van der Waals surface area (Å²) < 4.78 is 90.2. The third kappa shape index (κ3) is 8.71. The van der Waals surface area contributed by atoms with Crippen LogP contribution in [0, 0.1) is 0 Å². The molecule has 16 heteroatoms. The maximum absolute atomic E-state index is 13.5. The second kappa shape index (κ2) is 12.9. The number of hydrogen-bond acceptors (Lipinski definition) is 7. The predicted octanol–water partition coefficient (Wildman–Crippen LogP) is 2.51. The molecular weight excluding hydrogens is 645 g/mol. The van der Waals surface area contributed by atoms with Crippen molar-refractivity contribution < 1.29 is 39.6 Å². The van der Waals surface area contributed by atoms with Gasteiger partial charge in [0.25, 0.3) is 5.91 Å². The van der Waals surface area contributed by atoms with Crippen molar-refractivity contribution in [2.75, 3.05) is 50.5 Å². The summed E-state index contributed by atoms with van der Waals surface area (Å²) in [7, 11) is -7.43. The first-order chi connectivity index (χ1) is 20.4. The van der Waals surface area contributed by atoms with Gasteiger partial charge in [0.1, 0.15) is 6.04 Å². The first-order valence-corrected chi connectivity index (χ1v) is 17.9. The number of benzene rings is 2. The van der Waals surface area contributed by atoms with Crippen LogP contribution in [0.2, 0.25) is 5.02 Å². The number of piperazine rings is 1. The molecule has 0 spiro atoms. The summed E-state index contributed by atoms with van der Waals surface area (Å²) in [5.41, 5.74) is -0.413. The van der Waals surface area contributed by atoms with E-state index in [1.54, 1.807) is 12.1 Å². The molecule has 2 fully saturated rings. The Hall–Kier alpha value is -2.72. The van der Waals surface area contributed by atoms with Gasteiger partial charge < -0.3 is 15.5 Å². The lowest BCUT2D eigenvalue weighted by Crippen LogP contribution is -2.57. The van der Waals surface area contributed by atoms with Crippen molar-refractivity contribution >= 4 is 43.3 Å². The van der Waals surface area contributed by atoms with Gasteiger partial charge in [-0.1, -0.05) is 23.7 Å². The van der Waals surface area contributed by atoms with Crippen molar-refractivity contribution in [3.8, 4) is 0 Å². The molecule has 3 atom stereocenters. The molecule has 0 bridgehead atoms. The van der Waals surface area contributed by atoms with Crippen LogP contribution in [0.4, 0.5) is 13.2 Å². The van der Waals surface area contributed by atoms with E-state index in [1.807, 2.05) is 19.1 Å². The minimum Gasteiger partial charge on any atom is -0.339 e. The van der Waals surface area contributed by atoms with Gasteiger partial charge in [0.2, 0.25) is 15.9 Å². The molecule has 2 aromatic rings. The first-order valence-electron chi connectivity index (χ1n) is 13.8. The normalized spacial score (nSPS) is 22.0. The highest BCUT2D eigenvalue weighted by Crippen LogP contribution is 2.51. The SMILES string of the molecule is CC1(NCCS(=O)(=O)C[C@@H](NC(=O)c2ccc(C(F)(F)F)cc2)C(=O)N2CCN(S(C)(=O)=O)CC2)C[C@H]1c1ccc(Cl)cc1. The molecule has 2 amide bonds. The van der Waals surface area contributed by atoms with E-state index in [4.69, 9.17) is 11.6 Å². The zero-order valence-electron chi connectivity index (χ0n) is 24.1. The molecule has 10 nitrogen and oxygen atoms in total. The smallest absolute Gasteiger partial charge is 0.339 e. The maximum atomic E-state index is 13.5. The van der Waals surface area contributed by atoms with Crippen LogP contribution in [0.3, 0.4) is 0 Å². The zero-order valence-corrected chi connectivity index (χ0v) is 26.5. The van der Waals surface area contributed by atoms with Crippen molar-refractivity contribution in [2.24, 2.45) is 0 Å². The number of sulfonamides is 1. The summed E-state index contributed by atoms with van der Waals surface area (Å²) in [5, 5.41) is 6.27. The zero-order chi connectivity index (χ0) is 32.5. The van der Waals surface area contributed by atoms with Crippen LogP contribution in [0.15, 0.2) is 48.5 Å². The fraction of sp³-hybridized carbons (Fsp3) is 0.500. The van der Waals surface area contributed by atoms with Crippen LogP contribution in [0.5, 0.6) is 0 Å². The number of nitrogens with zero attached hydrogens (tertiary/aromatic N) is 2. The van der Waals surface area contributed by atoms with Crippen LogP contribution < -0.4 is 10.6 Å². The Kier molecular flexibility index (Phi) is 10.1. The highest BCUT2D eigenvalue weighted by atomic mass is 35.5. The molecule has 0 aromatic heterocycles. The van der Waals surface area contributed by atoms with E-state index in [2.05, 4.69) is 10.6 Å². The number of halogens is 4. The van der Waals surface area contributed by atoms with Gasteiger partial charge in [0.15, 0.2) is 9.84 Å². The third-order valence-corrected chi connectivity index (χ3v) is 11.2. The molecule has 0 radical (unpaired) electrons. The Labute approximate surface area is 259 Å². The van der Waals surface area contributed by atoms with Gasteiger partial charge in [-0.05, 0) is 55.3 Å². The molecule has 1 saturated carbocycles. The summed E-state index contributed by atoms with van der Waals surface area (Å²) in [5.74, 6) is -2.56. The van der Waals surface area contributed by atoms with Crippen LogP contribution in [-0.4, -0.2) is 99.9 Å². The van der Waals surface area contributed by atoms with Crippen molar-refractivity contribution in [1.82, 2.24) is 19.8 Å². The lowest BCUT2D eigenvalue weighted by molar-refractivity contribution is -0.137. The van der Waals surface area contributed by atoms with Crippen molar-refractivity contribution in [2.45, 2.75) is 37.0 Å². The molecule has 2 aromatic carbocycles. The number of alkyl halides is 3. The van der Waals surface area contributed by atoms with Gasteiger partial charge >= 0.3 is 6.18 Å². The molecule has 44 heavy (non-hydrogen) atoms. The molecule has 2 N–H and O–H groups in total. The van der Waals surface area contributed by atoms with Gasteiger partial charge in [-0.3, -0.25) is 9.59 Å². The summed E-state index contributed by atoms with van der Waals surface area (Å²) in [6, 6.07) is 9.19. The van der Waals surface area contributed by atoms with E-state index in [0.717, 1.165) is 30.4 Å². The summed E-state index contributed by atoms with van der Waals surface area (Å²) in [6.07, 6.45) is -2.79. The van der Waals surface area contributed by atoms with Crippen LogP contribution in [-0.2, 0) is 30.8 Å². The molecule has 1 saturated heterocycles. The van der Waals surface area contributed by atoms with Crippen molar-refractivity contribution in [3.05, 3.63) is 70.2 Å². The average Bonchev–Trinajstić information content (AvgIpc) is 3.62. The van der Waals surface area contributed by atoms with Gasteiger partial charge in [0, 0.05) is 54.8 Å². The van der Waals surface area contributed by atoms with E-state index < -0.39 is 55.2 Å². The monoisotopic (exact) mass is 678 g/mol. The van der Waals surface area contributed by atoms with Crippen LogP contribution >= 0.6 is 11.6 Å². The lowest BCUT2D eigenvalue weighted by atomic mass is 10.1. The quantitative estimate of drug-likeness (QED) is 0.373. The second-order valence-corrected chi connectivity index (χ2v) is 16.0. The second-order valence-electron chi connectivity index (χ2n) is 11.4. The number of nitrogens with one attached hydrogen (secondary N) is 2. The van der Waals surface area contributed by atoms with Gasteiger partial charge in [-0.15, -0.1) is 0 Å². The highest BCUT2D eigenvalue weighted by molar-refractivity contribution is 7.91. The number of amides is 2. The van der Waals surface area contributed by atoms with E-state index >= 15 is 0 Å². The van der Waals surface area contributed by atoms with Gasteiger partial charge in [0.05, 0.1) is 23.3 Å². The molecule has 1 heterocycles. The largest absolute Gasteiger partial charge is 0.416 e. The maximum Gasteiger partial charge on any atom is 0.416 e. The summed E-state index contributed by atoms with van der Waals surface area (Å²) in [6.45, 7) is 2.01. The molecule has 1 aliphatic carbocycles. The van der Waals surface area contributed by atoms with Crippen molar-refractivity contribution in [3.63, 3.8) is 0 Å². The van der Waals surface area contributed by atoms with Crippen LogP contribution in [0.25, 0.3) is 0 Å². The number of hydrogen-bond donors (Lipinski definition) is 2. The van der Waals surface area contributed by atoms with Crippen molar-refractivity contribution in [1.29, 1.82) is 0 Å². The van der Waals surface area contributed by atoms with E-state index in [0.29, 0.717) is 17.2 Å². The lowest BCUT2D eigenvalue weighted by Gasteiger charge is -2.35. The molecule has 2 aliphatic rings. The molecule has 4 rings (SSSR count). The summed E-state index contributed by atoms with van der Waals surface area (Å²) >= 11 is 5.97. The molecule has 1 unspecified atom stereocenters. The number of carbonyl (C=O) groups excluding carboxylic acids is 2. The minimum atomic E-state index is -4.61. The fourth-order valence-corrected chi connectivity index (χ4v) is 7.52. The van der Waals surface area contributed by atoms with Gasteiger partial charge in [-0.2, -0.15) is 17.5 Å². The predicted molar refractivity (Wildman–Crippen MR) is 160 cm³/mol. The fourth-order valence-electron chi connectivity index (χ4n) is 5.26. The average molecular weight is 679 g/mol. The first kappa shape index (κ1) is 34.2. The van der Waals surface area contributed by atoms with Crippen LogP contribution in [0.1, 0.15) is 40.7 Å². The number of sulfone groups is 1. The van der Waals surface area contributed by atoms with Gasteiger partial charge in [-0.25, -0.2) is 16.8 Å². The molecular formula is C28H34ClF3N4O6S2. The number of carbonyl (C=O) groups is 2. The van der Waals surface area contributed by atoms with E-state index in [-0.39, 0.29) is 55.5 Å². The topological polar surface area (TPSA) is 133 Å². The third-order valence-electron chi connectivity index (χ3n) is 7.97. The molecule has 1 aliphatic heterocycles. The minimum absolute atomic E-state index is 0.00577. The number of rotatable bonds is 11. The highest BCUT2D eigenvalue weighted by Gasteiger charge is 2.50. The Morgan fingerprint density at radius 1 is 1.00 bits per heavy atom. The van der Waals surface area contributed by atoms with E-state index in [9.17, 15) is 39.6 Å². The standard InChI is InChI=1S/C28H34ClF3N4O6S2/c1-27(17-23(27)19-5-9-22(29)10-6-19)33-11-16-44(41,42)18-24(26(38)35-12-14-36(15-13-35)43(2,39)40)34-25(37)20-3-7-21(8-4-20)28(30,31)32/h3-10,23-24,33H,11-18H2,1-2H3,(H,34,37)/t23-,24+,27?/m0/s1. The van der Waals surface area contributed by atoms with E-state index in [1.165, 1.54) is 9.21 Å². The Bertz CT molecular complexity index is 1580. The Morgan fingerprint density at radius 2 is 1.59 bits per heavy atom. The Balaban J connectivity index is 1.43.